The first-order valence-electron chi connectivity index (χ1n) is 11.3. The summed E-state index contributed by atoms with van der Waals surface area (Å²) in [7, 11) is 0. The summed E-state index contributed by atoms with van der Waals surface area (Å²) in [5, 5.41) is 36.9. The fourth-order valence-electron chi connectivity index (χ4n) is 3.41. The van der Waals surface area contributed by atoms with Crippen molar-refractivity contribution in [3.63, 3.8) is 0 Å². The summed E-state index contributed by atoms with van der Waals surface area (Å²) in [5.41, 5.74) is 10.6. The van der Waals surface area contributed by atoms with Crippen molar-refractivity contribution in [2.75, 3.05) is 13.1 Å². The zero-order chi connectivity index (χ0) is 27.3. The van der Waals surface area contributed by atoms with Gasteiger partial charge in [-0.1, -0.05) is 0 Å². The minimum atomic E-state index is -1.80. The molecule has 16 heteroatoms. The van der Waals surface area contributed by atoms with E-state index in [2.05, 4.69) is 20.9 Å². The van der Waals surface area contributed by atoms with Crippen LogP contribution in [0.1, 0.15) is 44.9 Å². The van der Waals surface area contributed by atoms with Crippen LogP contribution in [0.5, 0.6) is 0 Å². The van der Waals surface area contributed by atoms with Crippen LogP contribution in [0.3, 0.4) is 0 Å². The summed E-state index contributed by atoms with van der Waals surface area (Å²) < 4.78 is 0. The maximum absolute atomic E-state index is 13.0. The maximum atomic E-state index is 13.0. The van der Waals surface area contributed by atoms with Crippen LogP contribution in [0.2, 0.25) is 0 Å². The minimum absolute atomic E-state index is 0.0745. The first-order valence-corrected chi connectivity index (χ1v) is 11.3. The summed E-state index contributed by atoms with van der Waals surface area (Å²) in [6.07, 6.45) is -0.201. The first-order chi connectivity index (χ1) is 16.9. The molecule has 4 unspecified atom stereocenters. The van der Waals surface area contributed by atoms with Crippen molar-refractivity contribution in [3.8, 4) is 0 Å². The number of guanidine groups is 1. The van der Waals surface area contributed by atoms with Crippen LogP contribution < -0.4 is 32.7 Å². The average Bonchev–Trinajstić information content (AvgIpc) is 3.32. The number of carboxylic acids is 3. The van der Waals surface area contributed by atoms with Gasteiger partial charge in [-0.25, -0.2) is 4.79 Å². The highest BCUT2D eigenvalue weighted by molar-refractivity contribution is 5.94. The number of carbonyl (C=O) groups is 6. The lowest BCUT2D eigenvalue weighted by Crippen LogP contribution is -2.57. The standard InChI is InChI=1S/C20H33N7O9/c21-20(22)24-8-2-4-11(25-16(32)10-3-1-7-23-10)17(33)26-12(5-6-14(28)29)18(34)27-13(19(35)36)9-15(30)31/h10-13,23H,1-9H2,(H,25,32)(H,26,33)(H,27,34)(H,28,29)(H,30,31)(H,35,36)(H4,21,22,24). The second-order valence-corrected chi connectivity index (χ2v) is 8.15. The predicted octanol–water partition coefficient (Wildman–Crippen LogP) is -3.33. The normalized spacial score (nSPS) is 17.2. The number of carboxylic acid groups (broad SMARTS) is 3. The third kappa shape index (κ3) is 11.5. The van der Waals surface area contributed by atoms with E-state index in [0.29, 0.717) is 13.0 Å². The van der Waals surface area contributed by atoms with E-state index in [4.69, 9.17) is 26.8 Å². The topological polar surface area (TPSA) is 276 Å². The molecule has 0 spiro atoms. The van der Waals surface area contributed by atoms with E-state index in [-0.39, 0.29) is 25.3 Å². The smallest absolute Gasteiger partial charge is 0.326 e. The Morgan fingerprint density at radius 2 is 1.50 bits per heavy atom. The lowest BCUT2D eigenvalue weighted by Gasteiger charge is -2.25. The van der Waals surface area contributed by atoms with Gasteiger partial charge in [0.1, 0.15) is 18.1 Å². The first kappa shape index (κ1) is 30.1. The molecule has 0 bridgehead atoms. The molecule has 0 aromatic carbocycles. The van der Waals surface area contributed by atoms with Gasteiger partial charge in [0.05, 0.1) is 12.5 Å². The van der Waals surface area contributed by atoms with E-state index in [9.17, 15) is 28.8 Å². The van der Waals surface area contributed by atoms with Gasteiger partial charge in [0, 0.05) is 13.0 Å². The number of amides is 3. The number of hydrogen-bond donors (Lipinski definition) is 9. The number of nitrogens with one attached hydrogen (secondary N) is 4. The molecule has 1 aliphatic heterocycles. The molecule has 202 valence electrons. The van der Waals surface area contributed by atoms with Gasteiger partial charge in [0.2, 0.25) is 17.7 Å². The number of hydrogen-bond acceptors (Lipinski definition) is 8. The van der Waals surface area contributed by atoms with Crippen molar-refractivity contribution in [1.29, 1.82) is 0 Å². The zero-order valence-electron chi connectivity index (χ0n) is 19.6. The summed E-state index contributed by atoms with van der Waals surface area (Å²) in [6.45, 7) is 0.792. The zero-order valence-corrected chi connectivity index (χ0v) is 19.6. The Morgan fingerprint density at radius 3 is 2.00 bits per heavy atom. The van der Waals surface area contributed by atoms with Gasteiger partial charge in [-0.05, 0) is 38.6 Å². The molecule has 0 aliphatic carbocycles. The third-order valence-electron chi connectivity index (χ3n) is 5.23. The van der Waals surface area contributed by atoms with E-state index < -0.39 is 79.1 Å². The van der Waals surface area contributed by atoms with Crippen molar-refractivity contribution in [2.45, 2.75) is 69.1 Å². The van der Waals surface area contributed by atoms with Crippen LogP contribution in [0.4, 0.5) is 0 Å². The SMILES string of the molecule is NC(N)=NCCCC(NC(=O)C1CCCN1)C(=O)NC(CCC(=O)O)C(=O)NC(CC(=O)O)C(=O)O. The fraction of sp³-hybridized carbons (Fsp3) is 0.650. The number of aliphatic imine (C=N–C) groups is 1. The lowest BCUT2D eigenvalue weighted by molar-refractivity contribution is -0.147. The van der Waals surface area contributed by atoms with Crippen LogP contribution in [-0.2, 0) is 28.8 Å². The molecule has 11 N–H and O–H groups in total. The molecule has 1 heterocycles. The average molecular weight is 516 g/mol. The molecular weight excluding hydrogens is 482 g/mol. The van der Waals surface area contributed by atoms with Crippen LogP contribution in [-0.4, -0.2) is 94.2 Å². The fourth-order valence-corrected chi connectivity index (χ4v) is 3.41. The Balaban J connectivity index is 2.99. The molecule has 0 saturated carbocycles. The molecule has 16 nitrogen and oxygen atoms in total. The Labute approximate surface area is 206 Å². The van der Waals surface area contributed by atoms with E-state index >= 15 is 0 Å². The Bertz CT molecular complexity index is 854. The highest BCUT2D eigenvalue weighted by Crippen LogP contribution is 2.08. The summed E-state index contributed by atoms with van der Waals surface area (Å²) in [4.78, 5) is 75.2. The Hall–Kier alpha value is -3.95. The molecule has 0 aromatic heterocycles. The van der Waals surface area contributed by atoms with Gasteiger partial charge < -0.3 is 48.1 Å². The summed E-state index contributed by atoms with van der Waals surface area (Å²) in [5.74, 6) is -6.89. The maximum Gasteiger partial charge on any atom is 0.326 e. The Morgan fingerprint density at radius 1 is 0.889 bits per heavy atom. The Kier molecular flexibility index (Phi) is 12.6. The number of rotatable bonds is 16. The van der Waals surface area contributed by atoms with Crippen LogP contribution in [0, 0.1) is 0 Å². The van der Waals surface area contributed by atoms with Gasteiger partial charge in [-0.3, -0.25) is 29.0 Å². The van der Waals surface area contributed by atoms with Crippen molar-refractivity contribution in [1.82, 2.24) is 21.3 Å². The molecule has 3 amide bonds. The monoisotopic (exact) mass is 515 g/mol. The summed E-state index contributed by atoms with van der Waals surface area (Å²) >= 11 is 0. The van der Waals surface area contributed by atoms with Crippen LogP contribution in [0.15, 0.2) is 4.99 Å². The molecule has 1 rings (SSSR count). The summed E-state index contributed by atoms with van der Waals surface area (Å²) in [6, 6.07) is -4.95. The van der Waals surface area contributed by atoms with Crippen molar-refractivity contribution in [2.24, 2.45) is 16.5 Å². The lowest BCUT2D eigenvalue weighted by atomic mass is 10.1. The second kappa shape index (κ2) is 15.1. The highest BCUT2D eigenvalue weighted by atomic mass is 16.4. The van der Waals surface area contributed by atoms with Crippen LogP contribution >= 0.6 is 0 Å². The molecule has 0 radical (unpaired) electrons. The van der Waals surface area contributed by atoms with E-state index in [0.717, 1.165) is 6.42 Å². The largest absolute Gasteiger partial charge is 0.481 e. The molecule has 4 atom stereocenters. The number of nitrogens with zero attached hydrogens (tertiary/aromatic N) is 1. The molecule has 1 aliphatic rings. The predicted molar refractivity (Wildman–Crippen MR) is 123 cm³/mol. The molecule has 0 aromatic rings. The molecule has 36 heavy (non-hydrogen) atoms. The van der Waals surface area contributed by atoms with Gasteiger partial charge >= 0.3 is 17.9 Å². The van der Waals surface area contributed by atoms with Crippen LogP contribution in [0.25, 0.3) is 0 Å². The number of nitrogens with two attached hydrogens (primary N) is 2. The van der Waals surface area contributed by atoms with Gasteiger partial charge in [0.15, 0.2) is 5.96 Å². The minimum Gasteiger partial charge on any atom is -0.481 e. The molecule has 1 saturated heterocycles. The van der Waals surface area contributed by atoms with E-state index in [1.165, 1.54) is 0 Å². The number of aliphatic carboxylic acids is 3. The second-order valence-electron chi connectivity index (χ2n) is 8.15. The van der Waals surface area contributed by atoms with Gasteiger partial charge in [0.25, 0.3) is 0 Å². The van der Waals surface area contributed by atoms with Gasteiger partial charge in [-0.15, -0.1) is 0 Å². The third-order valence-corrected chi connectivity index (χ3v) is 5.23. The molecular formula is C20H33N7O9. The van der Waals surface area contributed by atoms with Crippen molar-refractivity contribution in [3.05, 3.63) is 0 Å². The van der Waals surface area contributed by atoms with Crippen molar-refractivity contribution >= 4 is 41.6 Å². The van der Waals surface area contributed by atoms with E-state index in [1.807, 2.05) is 5.32 Å². The van der Waals surface area contributed by atoms with E-state index in [1.54, 1.807) is 0 Å². The highest BCUT2D eigenvalue weighted by Gasteiger charge is 2.32. The number of carbonyl (C=O) groups excluding carboxylic acids is 3. The molecule has 1 fully saturated rings. The van der Waals surface area contributed by atoms with Crippen molar-refractivity contribution < 1.29 is 44.1 Å². The quantitative estimate of drug-likeness (QED) is 0.0554. The van der Waals surface area contributed by atoms with Gasteiger partial charge in [-0.2, -0.15) is 0 Å².